The van der Waals surface area contributed by atoms with Crippen molar-refractivity contribution in [2.45, 2.75) is 24.3 Å². The molecule has 6 heteroatoms. The van der Waals surface area contributed by atoms with Crippen molar-refractivity contribution in [3.63, 3.8) is 0 Å². The van der Waals surface area contributed by atoms with Crippen molar-refractivity contribution in [2.75, 3.05) is 20.3 Å². The Kier molecular flexibility index (Phi) is 7.22. The molecule has 0 saturated heterocycles. The summed E-state index contributed by atoms with van der Waals surface area (Å²) in [6.07, 6.45) is 5.43. The van der Waals surface area contributed by atoms with Crippen LogP contribution in [0.5, 0.6) is 5.75 Å². The monoisotopic (exact) mass is 373 g/mol. The molecule has 0 amide bonds. The van der Waals surface area contributed by atoms with Gasteiger partial charge < -0.3 is 9.47 Å². The maximum absolute atomic E-state index is 12.4. The van der Waals surface area contributed by atoms with Gasteiger partial charge in [0.15, 0.2) is 0 Å². The van der Waals surface area contributed by atoms with Gasteiger partial charge in [0.25, 0.3) is 0 Å². The summed E-state index contributed by atoms with van der Waals surface area (Å²) in [6.45, 7) is 2.30. The van der Waals surface area contributed by atoms with E-state index in [0.717, 1.165) is 16.9 Å². The molecule has 0 spiro atoms. The molecule has 1 atom stereocenters. The van der Waals surface area contributed by atoms with E-state index in [1.807, 2.05) is 31.2 Å². The van der Waals surface area contributed by atoms with Crippen LogP contribution in [0.1, 0.15) is 23.7 Å². The van der Waals surface area contributed by atoms with Gasteiger partial charge in [-0.2, -0.15) is 0 Å². The van der Waals surface area contributed by atoms with Gasteiger partial charge in [0.2, 0.25) is 10.0 Å². The summed E-state index contributed by atoms with van der Waals surface area (Å²) < 4.78 is 38.1. The maximum atomic E-state index is 12.4. The Morgan fingerprint density at radius 3 is 2.35 bits per heavy atom. The van der Waals surface area contributed by atoms with Crippen LogP contribution < -0.4 is 9.46 Å². The molecule has 26 heavy (non-hydrogen) atoms. The van der Waals surface area contributed by atoms with Gasteiger partial charge in [-0.05, 0) is 43.2 Å². The van der Waals surface area contributed by atoms with E-state index < -0.39 is 10.0 Å². The average Bonchev–Trinajstić information content (AvgIpc) is 2.65. The minimum atomic E-state index is -3.55. The molecular weight excluding hydrogens is 350 g/mol. The lowest BCUT2D eigenvalue weighted by atomic mass is 10.1. The van der Waals surface area contributed by atoms with Gasteiger partial charge >= 0.3 is 0 Å². The lowest BCUT2D eigenvalue weighted by molar-refractivity contribution is 0.0723. The molecule has 0 heterocycles. The summed E-state index contributed by atoms with van der Waals surface area (Å²) in [5.74, 6) is 3.18. The van der Waals surface area contributed by atoms with Crippen molar-refractivity contribution in [3.8, 4) is 18.1 Å². The van der Waals surface area contributed by atoms with Crippen molar-refractivity contribution in [1.82, 2.24) is 4.72 Å². The molecule has 2 aromatic carbocycles. The molecule has 2 rings (SSSR count). The van der Waals surface area contributed by atoms with E-state index >= 15 is 0 Å². The van der Waals surface area contributed by atoms with Gasteiger partial charge in [-0.3, -0.25) is 0 Å². The molecule has 0 unspecified atom stereocenters. The van der Waals surface area contributed by atoms with Crippen LogP contribution in [0.2, 0.25) is 0 Å². The van der Waals surface area contributed by atoms with Crippen molar-refractivity contribution >= 4 is 10.0 Å². The largest absolute Gasteiger partial charge is 0.497 e. The SMILES string of the molecule is C#CCO[C@H](CCNS(=O)(=O)c1ccc(C)cc1)c1ccc(OC)cc1. The van der Waals surface area contributed by atoms with Gasteiger partial charge in [-0.25, -0.2) is 13.1 Å². The van der Waals surface area contributed by atoms with Crippen molar-refractivity contribution < 1.29 is 17.9 Å². The quantitative estimate of drug-likeness (QED) is 0.686. The fourth-order valence-corrected chi connectivity index (χ4v) is 3.49. The zero-order chi connectivity index (χ0) is 19.0. The van der Waals surface area contributed by atoms with Crippen LogP contribution in [0.3, 0.4) is 0 Å². The zero-order valence-electron chi connectivity index (χ0n) is 14.9. The second kappa shape index (κ2) is 9.39. The van der Waals surface area contributed by atoms with Crippen LogP contribution in [0.25, 0.3) is 0 Å². The standard InChI is InChI=1S/C20H23NO4S/c1-4-15-25-20(17-7-9-18(24-3)10-8-17)13-14-21-26(22,23)19-11-5-16(2)6-12-19/h1,5-12,20-21H,13-15H2,2-3H3/t20-/m1/s1. The van der Waals surface area contributed by atoms with Crippen molar-refractivity contribution in [1.29, 1.82) is 0 Å². The second-order valence-corrected chi connectivity index (χ2v) is 7.54. The Morgan fingerprint density at radius 2 is 1.77 bits per heavy atom. The lowest BCUT2D eigenvalue weighted by Crippen LogP contribution is -2.26. The Labute approximate surface area is 155 Å². The third-order valence-electron chi connectivity index (χ3n) is 3.89. The summed E-state index contributed by atoms with van der Waals surface area (Å²) >= 11 is 0. The highest BCUT2D eigenvalue weighted by molar-refractivity contribution is 7.89. The summed E-state index contributed by atoms with van der Waals surface area (Å²) in [4.78, 5) is 0.244. The number of ether oxygens (including phenoxy) is 2. The van der Waals surface area contributed by atoms with Gasteiger partial charge in [0.05, 0.1) is 18.1 Å². The molecule has 0 aliphatic heterocycles. The average molecular weight is 373 g/mol. The van der Waals surface area contributed by atoms with Crippen LogP contribution in [0.15, 0.2) is 53.4 Å². The number of hydrogen-bond acceptors (Lipinski definition) is 4. The first-order valence-electron chi connectivity index (χ1n) is 8.21. The number of benzene rings is 2. The number of hydrogen-bond donors (Lipinski definition) is 1. The number of terminal acetylenes is 1. The van der Waals surface area contributed by atoms with E-state index in [-0.39, 0.29) is 24.2 Å². The Bertz CT molecular complexity index is 837. The molecule has 1 N–H and O–H groups in total. The molecular formula is C20H23NO4S. The van der Waals surface area contributed by atoms with Crippen LogP contribution in [0, 0.1) is 19.3 Å². The van der Waals surface area contributed by atoms with E-state index in [2.05, 4.69) is 10.6 Å². The van der Waals surface area contributed by atoms with Gasteiger partial charge in [0.1, 0.15) is 12.4 Å². The molecule has 2 aromatic rings. The first-order valence-corrected chi connectivity index (χ1v) is 9.70. The fraction of sp³-hybridized carbons (Fsp3) is 0.300. The number of sulfonamides is 1. The van der Waals surface area contributed by atoms with Crippen LogP contribution in [-0.2, 0) is 14.8 Å². The molecule has 0 aromatic heterocycles. The third kappa shape index (κ3) is 5.60. The molecule has 0 radical (unpaired) electrons. The van der Waals surface area contributed by atoms with Crippen LogP contribution in [0.4, 0.5) is 0 Å². The van der Waals surface area contributed by atoms with Gasteiger partial charge in [-0.15, -0.1) is 6.42 Å². The molecule has 5 nitrogen and oxygen atoms in total. The van der Waals surface area contributed by atoms with Crippen LogP contribution in [-0.4, -0.2) is 28.7 Å². The second-order valence-electron chi connectivity index (χ2n) is 5.78. The van der Waals surface area contributed by atoms with Crippen molar-refractivity contribution in [3.05, 3.63) is 59.7 Å². The Balaban J connectivity index is 2.02. The summed E-state index contributed by atoms with van der Waals surface area (Å²) in [5, 5.41) is 0. The van der Waals surface area contributed by atoms with E-state index in [1.165, 1.54) is 0 Å². The highest BCUT2D eigenvalue weighted by atomic mass is 32.2. The van der Waals surface area contributed by atoms with Gasteiger partial charge in [0, 0.05) is 6.54 Å². The highest BCUT2D eigenvalue weighted by Crippen LogP contribution is 2.23. The molecule has 0 fully saturated rings. The maximum Gasteiger partial charge on any atom is 0.240 e. The lowest BCUT2D eigenvalue weighted by Gasteiger charge is -2.18. The van der Waals surface area contributed by atoms with Gasteiger partial charge in [-0.1, -0.05) is 35.7 Å². The smallest absolute Gasteiger partial charge is 0.240 e. The normalized spacial score (nSPS) is 12.3. The van der Waals surface area contributed by atoms with Crippen LogP contribution >= 0.6 is 0 Å². The molecule has 0 aliphatic carbocycles. The zero-order valence-corrected chi connectivity index (χ0v) is 15.8. The minimum Gasteiger partial charge on any atom is -0.497 e. The Morgan fingerprint density at radius 1 is 1.12 bits per heavy atom. The highest BCUT2D eigenvalue weighted by Gasteiger charge is 2.16. The first-order chi connectivity index (χ1) is 12.5. The number of rotatable bonds is 9. The summed E-state index contributed by atoms with van der Waals surface area (Å²) in [7, 11) is -1.95. The fourth-order valence-electron chi connectivity index (χ4n) is 2.44. The predicted octanol–water partition coefficient (Wildman–Crippen LogP) is 3.06. The minimum absolute atomic E-state index is 0.154. The summed E-state index contributed by atoms with van der Waals surface area (Å²) in [6, 6.07) is 14.1. The number of methoxy groups -OCH3 is 1. The van der Waals surface area contributed by atoms with E-state index in [1.54, 1.807) is 31.4 Å². The number of aryl methyl sites for hydroxylation is 1. The van der Waals surface area contributed by atoms with E-state index in [4.69, 9.17) is 15.9 Å². The number of nitrogens with one attached hydrogen (secondary N) is 1. The molecule has 138 valence electrons. The van der Waals surface area contributed by atoms with Crippen molar-refractivity contribution in [2.24, 2.45) is 0 Å². The molecule has 0 bridgehead atoms. The Hall–Kier alpha value is -2.33. The predicted molar refractivity (Wildman–Crippen MR) is 102 cm³/mol. The third-order valence-corrected chi connectivity index (χ3v) is 5.36. The molecule has 0 aliphatic rings. The topological polar surface area (TPSA) is 64.6 Å². The van der Waals surface area contributed by atoms with E-state index in [9.17, 15) is 8.42 Å². The molecule has 0 saturated carbocycles. The first kappa shape index (κ1) is 20.0. The summed E-state index contributed by atoms with van der Waals surface area (Å²) in [5.41, 5.74) is 1.92. The van der Waals surface area contributed by atoms with E-state index in [0.29, 0.717) is 6.42 Å².